The minimum absolute atomic E-state index is 0.0969. The van der Waals surface area contributed by atoms with Crippen LogP contribution in [-0.4, -0.2) is 50.9 Å². The van der Waals surface area contributed by atoms with Crippen LogP contribution in [0, 0.1) is 5.82 Å². The van der Waals surface area contributed by atoms with E-state index in [2.05, 4.69) is 15.5 Å². The van der Waals surface area contributed by atoms with Crippen molar-refractivity contribution < 1.29 is 14.0 Å². The second-order valence-corrected chi connectivity index (χ2v) is 5.10. The minimum Gasteiger partial charge on any atom is -0.384 e. The van der Waals surface area contributed by atoms with Crippen LogP contribution < -0.4 is 4.84 Å². The molecule has 1 aliphatic heterocycles. The van der Waals surface area contributed by atoms with E-state index in [-0.39, 0.29) is 18.3 Å². The summed E-state index contributed by atoms with van der Waals surface area (Å²) in [5, 5.41) is 11.0. The number of nitrogens with zero attached hydrogens (tertiary/aromatic N) is 5. The van der Waals surface area contributed by atoms with Gasteiger partial charge < -0.3 is 9.74 Å². The number of likely N-dealkylation sites (tertiary alicyclic amines) is 1. The first kappa shape index (κ1) is 14.4. The van der Waals surface area contributed by atoms with Crippen molar-refractivity contribution in [3.8, 4) is 11.4 Å². The molecule has 0 saturated carbocycles. The SMILES string of the molecule is O=C(COn1nnnc1-c1cccc(F)c1)N1CCCCC1. The van der Waals surface area contributed by atoms with Crippen molar-refractivity contribution in [2.45, 2.75) is 19.3 Å². The maximum absolute atomic E-state index is 13.3. The molecule has 1 amide bonds. The molecule has 1 aromatic carbocycles. The van der Waals surface area contributed by atoms with Gasteiger partial charge in [0.15, 0.2) is 6.61 Å². The first-order chi connectivity index (χ1) is 10.7. The lowest BCUT2D eigenvalue weighted by molar-refractivity contribution is -0.137. The van der Waals surface area contributed by atoms with Crippen LogP contribution in [0.3, 0.4) is 0 Å². The summed E-state index contributed by atoms with van der Waals surface area (Å²) in [5.41, 5.74) is 0.482. The quantitative estimate of drug-likeness (QED) is 0.840. The summed E-state index contributed by atoms with van der Waals surface area (Å²) in [4.78, 5) is 20.2. The van der Waals surface area contributed by atoms with Gasteiger partial charge in [-0.25, -0.2) is 4.39 Å². The molecule has 7 nitrogen and oxygen atoms in total. The fraction of sp³-hybridized carbons (Fsp3) is 0.429. The molecule has 2 heterocycles. The van der Waals surface area contributed by atoms with Crippen molar-refractivity contribution in [2.75, 3.05) is 19.7 Å². The topological polar surface area (TPSA) is 73.1 Å². The van der Waals surface area contributed by atoms with Gasteiger partial charge in [0.2, 0.25) is 5.82 Å². The van der Waals surface area contributed by atoms with Crippen molar-refractivity contribution in [2.24, 2.45) is 0 Å². The fourth-order valence-corrected chi connectivity index (χ4v) is 2.41. The van der Waals surface area contributed by atoms with Crippen molar-refractivity contribution in [1.82, 2.24) is 25.3 Å². The Labute approximate surface area is 126 Å². The molecule has 2 aromatic rings. The van der Waals surface area contributed by atoms with Gasteiger partial charge in [0.25, 0.3) is 5.91 Å². The molecule has 116 valence electrons. The van der Waals surface area contributed by atoms with Crippen LogP contribution in [0.15, 0.2) is 24.3 Å². The van der Waals surface area contributed by atoms with Crippen LogP contribution in [0.5, 0.6) is 0 Å². The molecule has 0 spiro atoms. The number of carbonyl (C=O) groups is 1. The monoisotopic (exact) mass is 305 g/mol. The Morgan fingerprint density at radius 1 is 1.27 bits per heavy atom. The Bertz CT molecular complexity index is 654. The number of hydrogen-bond acceptors (Lipinski definition) is 5. The van der Waals surface area contributed by atoms with Crippen LogP contribution in [0.2, 0.25) is 0 Å². The van der Waals surface area contributed by atoms with Gasteiger partial charge in [0.1, 0.15) is 5.82 Å². The van der Waals surface area contributed by atoms with E-state index in [9.17, 15) is 9.18 Å². The van der Waals surface area contributed by atoms with E-state index in [1.807, 2.05) is 0 Å². The average molecular weight is 305 g/mol. The molecule has 3 rings (SSSR count). The second-order valence-electron chi connectivity index (χ2n) is 5.10. The predicted octanol–water partition coefficient (Wildman–Crippen LogP) is 0.920. The summed E-state index contributed by atoms with van der Waals surface area (Å²) < 4.78 is 13.3. The Morgan fingerprint density at radius 3 is 2.86 bits per heavy atom. The Hall–Kier alpha value is -2.51. The van der Waals surface area contributed by atoms with Crippen molar-refractivity contribution in [3.05, 3.63) is 30.1 Å². The zero-order valence-corrected chi connectivity index (χ0v) is 12.0. The van der Waals surface area contributed by atoms with E-state index in [0.29, 0.717) is 5.56 Å². The summed E-state index contributed by atoms with van der Waals surface area (Å²) in [5.74, 6) is -0.234. The van der Waals surface area contributed by atoms with Crippen molar-refractivity contribution in [3.63, 3.8) is 0 Å². The predicted molar refractivity (Wildman–Crippen MR) is 75.1 cm³/mol. The molecule has 0 radical (unpaired) electrons. The zero-order chi connectivity index (χ0) is 15.4. The van der Waals surface area contributed by atoms with Gasteiger partial charge in [-0.15, -0.1) is 5.10 Å². The number of amides is 1. The normalized spacial score (nSPS) is 14.9. The highest BCUT2D eigenvalue weighted by molar-refractivity contribution is 5.77. The summed E-state index contributed by atoms with van der Waals surface area (Å²) in [6.07, 6.45) is 3.19. The number of halogens is 1. The van der Waals surface area contributed by atoms with E-state index in [4.69, 9.17) is 4.84 Å². The molecule has 8 heteroatoms. The molecule has 0 bridgehead atoms. The summed E-state index contributed by atoms with van der Waals surface area (Å²) in [7, 11) is 0. The van der Waals surface area contributed by atoms with Crippen LogP contribution in [0.1, 0.15) is 19.3 Å². The molecule has 1 fully saturated rings. The third-order valence-corrected chi connectivity index (χ3v) is 3.54. The van der Waals surface area contributed by atoms with Gasteiger partial charge in [-0.1, -0.05) is 17.0 Å². The highest BCUT2D eigenvalue weighted by atomic mass is 19.1. The van der Waals surface area contributed by atoms with E-state index < -0.39 is 5.82 Å². The smallest absolute Gasteiger partial charge is 0.263 e. The van der Waals surface area contributed by atoms with Crippen LogP contribution >= 0.6 is 0 Å². The number of tetrazole rings is 1. The van der Waals surface area contributed by atoms with Crippen molar-refractivity contribution >= 4 is 5.91 Å². The molecular formula is C14H16FN5O2. The lowest BCUT2D eigenvalue weighted by atomic mass is 10.1. The molecule has 1 aromatic heterocycles. The van der Waals surface area contributed by atoms with Gasteiger partial charge in [0, 0.05) is 18.7 Å². The Morgan fingerprint density at radius 2 is 2.09 bits per heavy atom. The molecule has 0 N–H and O–H groups in total. The highest BCUT2D eigenvalue weighted by Gasteiger charge is 2.18. The molecule has 0 atom stereocenters. The minimum atomic E-state index is -0.392. The van der Waals surface area contributed by atoms with E-state index >= 15 is 0 Å². The average Bonchev–Trinajstić information content (AvgIpc) is 3.02. The van der Waals surface area contributed by atoms with Crippen molar-refractivity contribution in [1.29, 1.82) is 0 Å². The summed E-state index contributed by atoms with van der Waals surface area (Å²) in [6, 6.07) is 5.86. The largest absolute Gasteiger partial charge is 0.384 e. The number of aromatic nitrogens is 4. The molecule has 1 aliphatic rings. The number of rotatable bonds is 4. The van der Waals surface area contributed by atoms with Crippen LogP contribution in [-0.2, 0) is 4.79 Å². The molecule has 22 heavy (non-hydrogen) atoms. The number of hydrogen-bond donors (Lipinski definition) is 0. The number of benzene rings is 1. The highest BCUT2D eigenvalue weighted by Crippen LogP contribution is 2.15. The molecule has 0 aliphatic carbocycles. The third-order valence-electron chi connectivity index (χ3n) is 3.54. The van der Waals surface area contributed by atoms with Gasteiger partial charge in [0.05, 0.1) is 0 Å². The maximum atomic E-state index is 13.3. The standard InChI is InChI=1S/C14H16FN5O2/c15-12-6-4-5-11(9-12)14-16-17-18-20(14)22-10-13(21)19-7-2-1-3-8-19/h4-6,9H,1-3,7-8,10H2. The first-order valence-corrected chi connectivity index (χ1v) is 7.19. The third kappa shape index (κ3) is 3.21. The first-order valence-electron chi connectivity index (χ1n) is 7.19. The number of piperidine rings is 1. The van der Waals surface area contributed by atoms with Gasteiger partial charge in [-0.05, 0) is 41.8 Å². The summed E-state index contributed by atoms with van der Waals surface area (Å²) in [6.45, 7) is 1.37. The van der Waals surface area contributed by atoms with E-state index in [0.717, 1.165) is 37.2 Å². The van der Waals surface area contributed by atoms with Crippen LogP contribution in [0.4, 0.5) is 4.39 Å². The Balaban J connectivity index is 1.66. The maximum Gasteiger partial charge on any atom is 0.263 e. The van der Waals surface area contributed by atoms with E-state index in [1.54, 1.807) is 17.0 Å². The number of carbonyl (C=O) groups excluding carboxylic acids is 1. The van der Waals surface area contributed by atoms with Gasteiger partial charge in [-0.3, -0.25) is 4.79 Å². The molecule has 0 unspecified atom stereocenters. The lowest BCUT2D eigenvalue weighted by Crippen LogP contribution is -2.40. The molecule has 1 saturated heterocycles. The summed E-state index contributed by atoms with van der Waals surface area (Å²) >= 11 is 0. The second kappa shape index (κ2) is 6.50. The van der Waals surface area contributed by atoms with Crippen LogP contribution in [0.25, 0.3) is 11.4 Å². The van der Waals surface area contributed by atoms with Gasteiger partial charge >= 0.3 is 0 Å². The van der Waals surface area contributed by atoms with Gasteiger partial charge in [-0.2, -0.15) is 0 Å². The Kier molecular flexibility index (Phi) is 4.27. The fourth-order valence-electron chi connectivity index (χ4n) is 2.41. The van der Waals surface area contributed by atoms with E-state index in [1.165, 1.54) is 12.1 Å². The molecular weight excluding hydrogens is 289 g/mol. The zero-order valence-electron chi connectivity index (χ0n) is 12.0. The lowest BCUT2D eigenvalue weighted by Gasteiger charge is -2.26.